The summed E-state index contributed by atoms with van der Waals surface area (Å²) in [7, 11) is 0. The summed E-state index contributed by atoms with van der Waals surface area (Å²) in [5.41, 5.74) is 2.27. The Morgan fingerprint density at radius 3 is 2.69 bits per heavy atom. The zero-order valence-corrected chi connectivity index (χ0v) is 10.6. The highest BCUT2D eigenvalue weighted by Gasteiger charge is 2.14. The molecule has 0 spiro atoms. The first-order valence-electron chi connectivity index (χ1n) is 5.65. The number of nitrogens with one attached hydrogen (secondary N) is 1. The molecule has 4 nitrogen and oxygen atoms in total. The molecule has 0 unspecified atom stereocenters. The SMILES string of the molecule is CCc1c(C)[nH]c(N2CCOCC2)nc1=S. The van der Waals surface area contributed by atoms with E-state index >= 15 is 0 Å². The molecule has 0 aromatic carbocycles. The van der Waals surface area contributed by atoms with E-state index in [4.69, 9.17) is 17.0 Å². The zero-order chi connectivity index (χ0) is 11.5. The van der Waals surface area contributed by atoms with E-state index in [0.717, 1.165) is 54.6 Å². The van der Waals surface area contributed by atoms with Crippen LogP contribution in [0.25, 0.3) is 0 Å². The largest absolute Gasteiger partial charge is 0.378 e. The maximum absolute atomic E-state index is 5.32. The molecule has 0 radical (unpaired) electrons. The highest BCUT2D eigenvalue weighted by atomic mass is 32.1. The van der Waals surface area contributed by atoms with Crippen LogP contribution in [0.1, 0.15) is 18.2 Å². The summed E-state index contributed by atoms with van der Waals surface area (Å²) in [6.07, 6.45) is 0.928. The van der Waals surface area contributed by atoms with E-state index < -0.39 is 0 Å². The Hall–Kier alpha value is -0.940. The molecule has 88 valence electrons. The van der Waals surface area contributed by atoms with Gasteiger partial charge in [0.2, 0.25) is 5.95 Å². The number of rotatable bonds is 2. The Bertz CT molecular complexity index is 424. The second kappa shape index (κ2) is 4.93. The molecule has 0 aliphatic carbocycles. The normalized spacial score (nSPS) is 16.5. The molecule has 0 saturated carbocycles. The topological polar surface area (TPSA) is 41.2 Å². The first kappa shape index (κ1) is 11.5. The highest BCUT2D eigenvalue weighted by Crippen LogP contribution is 2.14. The van der Waals surface area contributed by atoms with Crippen molar-refractivity contribution >= 4 is 18.2 Å². The fraction of sp³-hybridized carbons (Fsp3) is 0.636. The van der Waals surface area contributed by atoms with Crippen LogP contribution in [0.2, 0.25) is 0 Å². The molecule has 0 bridgehead atoms. The van der Waals surface area contributed by atoms with Crippen molar-refractivity contribution in [2.24, 2.45) is 0 Å². The van der Waals surface area contributed by atoms with Crippen molar-refractivity contribution in [2.75, 3.05) is 31.2 Å². The molecule has 1 aromatic heterocycles. The van der Waals surface area contributed by atoms with E-state index in [2.05, 4.69) is 28.7 Å². The third kappa shape index (κ3) is 2.25. The number of hydrogen-bond donors (Lipinski definition) is 1. The van der Waals surface area contributed by atoms with Gasteiger partial charge in [0, 0.05) is 24.3 Å². The van der Waals surface area contributed by atoms with Crippen LogP contribution < -0.4 is 4.90 Å². The van der Waals surface area contributed by atoms with Gasteiger partial charge in [-0.25, -0.2) is 4.98 Å². The van der Waals surface area contributed by atoms with Gasteiger partial charge in [-0.05, 0) is 13.3 Å². The number of morpholine rings is 1. The molecule has 1 aromatic rings. The molecular weight excluding hydrogens is 222 g/mol. The Morgan fingerprint density at radius 2 is 2.12 bits per heavy atom. The fourth-order valence-electron chi connectivity index (χ4n) is 1.94. The molecule has 1 fully saturated rings. The average Bonchev–Trinajstić information content (AvgIpc) is 2.30. The van der Waals surface area contributed by atoms with Crippen LogP contribution in [-0.4, -0.2) is 36.3 Å². The van der Waals surface area contributed by atoms with Gasteiger partial charge >= 0.3 is 0 Å². The fourth-order valence-corrected chi connectivity index (χ4v) is 2.32. The molecule has 2 heterocycles. The molecule has 2 rings (SSSR count). The van der Waals surface area contributed by atoms with Gasteiger partial charge in [0.15, 0.2) is 0 Å². The lowest BCUT2D eigenvalue weighted by Gasteiger charge is -2.27. The minimum Gasteiger partial charge on any atom is -0.378 e. The van der Waals surface area contributed by atoms with Crippen molar-refractivity contribution in [1.82, 2.24) is 9.97 Å². The highest BCUT2D eigenvalue weighted by molar-refractivity contribution is 7.71. The van der Waals surface area contributed by atoms with Gasteiger partial charge in [-0.2, -0.15) is 0 Å². The summed E-state index contributed by atoms with van der Waals surface area (Å²) < 4.78 is 6.04. The van der Waals surface area contributed by atoms with Gasteiger partial charge in [0.1, 0.15) is 4.64 Å². The number of H-pyrrole nitrogens is 1. The molecule has 16 heavy (non-hydrogen) atoms. The van der Waals surface area contributed by atoms with Crippen molar-refractivity contribution in [3.8, 4) is 0 Å². The van der Waals surface area contributed by atoms with Gasteiger partial charge in [0.25, 0.3) is 0 Å². The molecule has 0 amide bonds. The van der Waals surface area contributed by atoms with Gasteiger partial charge in [-0.3, -0.25) is 0 Å². The molecule has 0 atom stereocenters. The van der Waals surface area contributed by atoms with E-state index in [1.807, 2.05) is 0 Å². The van der Waals surface area contributed by atoms with E-state index in [0.29, 0.717) is 0 Å². The maximum Gasteiger partial charge on any atom is 0.204 e. The van der Waals surface area contributed by atoms with Gasteiger partial charge in [-0.1, -0.05) is 19.1 Å². The Morgan fingerprint density at radius 1 is 1.44 bits per heavy atom. The number of ether oxygens (including phenoxy) is 1. The third-order valence-corrected chi connectivity index (χ3v) is 3.22. The van der Waals surface area contributed by atoms with Crippen LogP contribution in [0.4, 0.5) is 5.95 Å². The minimum absolute atomic E-state index is 0.722. The summed E-state index contributed by atoms with van der Waals surface area (Å²) in [6.45, 7) is 7.43. The number of aromatic amines is 1. The first-order chi connectivity index (χ1) is 7.72. The third-order valence-electron chi connectivity index (χ3n) is 2.88. The predicted molar refractivity (Wildman–Crippen MR) is 66.6 cm³/mol. The standard InChI is InChI=1S/C11H17N3OS/c1-3-9-8(2)12-11(13-10(9)16)14-4-6-15-7-5-14/h3-7H2,1-2H3,(H,12,13,16). The van der Waals surface area contributed by atoms with Crippen molar-refractivity contribution in [3.63, 3.8) is 0 Å². The lowest BCUT2D eigenvalue weighted by atomic mass is 10.2. The number of anilines is 1. The quantitative estimate of drug-likeness (QED) is 0.800. The summed E-state index contributed by atoms with van der Waals surface area (Å²) in [5.74, 6) is 0.878. The monoisotopic (exact) mass is 239 g/mol. The zero-order valence-electron chi connectivity index (χ0n) is 9.75. The molecule has 1 aliphatic heterocycles. The van der Waals surface area contributed by atoms with E-state index in [1.54, 1.807) is 0 Å². The molecule has 1 saturated heterocycles. The second-order valence-corrected chi connectivity index (χ2v) is 4.31. The molecule has 5 heteroatoms. The number of hydrogen-bond acceptors (Lipinski definition) is 4. The van der Waals surface area contributed by atoms with Crippen LogP contribution >= 0.6 is 12.2 Å². The van der Waals surface area contributed by atoms with Crippen molar-refractivity contribution in [2.45, 2.75) is 20.3 Å². The van der Waals surface area contributed by atoms with Gasteiger partial charge < -0.3 is 14.6 Å². The average molecular weight is 239 g/mol. The van der Waals surface area contributed by atoms with E-state index in [9.17, 15) is 0 Å². The first-order valence-corrected chi connectivity index (χ1v) is 6.05. The number of aryl methyl sites for hydroxylation is 1. The summed E-state index contributed by atoms with van der Waals surface area (Å²) in [5, 5.41) is 0. The molecule has 1 aliphatic rings. The predicted octanol–water partition coefficient (Wildman–Crippen LogP) is 1.85. The van der Waals surface area contributed by atoms with Crippen molar-refractivity contribution in [3.05, 3.63) is 15.9 Å². The maximum atomic E-state index is 5.32. The molecular formula is C11H17N3OS. The number of nitrogens with zero attached hydrogens (tertiary/aromatic N) is 2. The van der Waals surface area contributed by atoms with E-state index in [1.165, 1.54) is 0 Å². The Balaban J connectivity index is 2.31. The van der Waals surface area contributed by atoms with Crippen molar-refractivity contribution < 1.29 is 4.74 Å². The Labute approximate surface area is 101 Å². The van der Waals surface area contributed by atoms with Crippen LogP contribution in [0.5, 0.6) is 0 Å². The van der Waals surface area contributed by atoms with Crippen LogP contribution in [0.3, 0.4) is 0 Å². The van der Waals surface area contributed by atoms with Crippen LogP contribution in [0, 0.1) is 11.6 Å². The minimum atomic E-state index is 0.722. The van der Waals surface area contributed by atoms with Crippen LogP contribution in [0.15, 0.2) is 0 Å². The summed E-state index contributed by atoms with van der Waals surface area (Å²) in [4.78, 5) is 9.97. The Kier molecular flexibility index (Phi) is 3.56. The van der Waals surface area contributed by atoms with E-state index in [-0.39, 0.29) is 0 Å². The second-order valence-electron chi connectivity index (χ2n) is 3.92. The summed E-state index contributed by atoms with van der Waals surface area (Å²) >= 11 is 5.31. The lowest BCUT2D eigenvalue weighted by molar-refractivity contribution is 0.122. The lowest BCUT2D eigenvalue weighted by Crippen LogP contribution is -2.37. The smallest absolute Gasteiger partial charge is 0.204 e. The van der Waals surface area contributed by atoms with Gasteiger partial charge in [-0.15, -0.1) is 0 Å². The van der Waals surface area contributed by atoms with Gasteiger partial charge in [0.05, 0.1) is 13.2 Å². The molecule has 1 N–H and O–H groups in total. The summed E-state index contributed by atoms with van der Waals surface area (Å²) in [6, 6.07) is 0. The van der Waals surface area contributed by atoms with Crippen LogP contribution in [-0.2, 0) is 11.2 Å². The number of aromatic nitrogens is 2. The van der Waals surface area contributed by atoms with Crippen molar-refractivity contribution in [1.29, 1.82) is 0 Å².